The van der Waals surface area contributed by atoms with Crippen molar-refractivity contribution in [3.63, 3.8) is 0 Å². The van der Waals surface area contributed by atoms with E-state index in [2.05, 4.69) is 27.4 Å². The average molecular weight is 433 g/mol. The van der Waals surface area contributed by atoms with Gasteiger partial charge in [-0.15, -0.1) is 0 Å². The summed E-state index contributed by atoms with van der Waals surface area (Å²) < 4.78 is 7.17. The van der Waals surface area contributed by atoms with Crippen molar-refractivity contribution in [2.75, 3.05) is 26.7 Å². The SMILES string of the molecule is COc1ccc([C@H](CNC(=O)c2c(C)nn(-c3ccccc3)c2C)N2CCCCC2)cc1. The summed E-state index contributed by atoms with van der Waals surface area (Å²) in [5, 5.41) is 7.83. The molecule has 2 aromatic carbocycles. The van der Waals surface area contributed by atoms with E-state index in [0.29, 0.717) is 12.1 Å². The van der Waals surface area contributed by atoms with Gasteiger partial charge in [0, 0.05) is 6.54 Å². The fourth-order valence-electron chi connectivity index (χ4n) is 4.58. The van der Waals surface area contributed by atoms with Crippen molar-refractivity contribution in [1.29, 1.82) is 0 Å². The Morgan fingerprint density at radius 1 is 1.03 bits per heavy atom. The van der Waals surface area contributed by atoms with Gasteiger partial charge in [-0.2, -0.15) is 5.10 Å². The average Bonchev–Trinajstić information content (AvgIpc) is 3.14. The van der Waals surface area contributed by atoms with Crippen molar-refractivity contribution in [3.05, 3.63) is 77.1 Å². The first kappa shape index (κ1) is 22.1. The minimum atomic E-state index is -0.0716. The number of nitrogens with zero attached hydrogens (tertiary/aromatic N) is 3. The Hall–Kier alpha value is -3.12. The zero-order valence-corrected chi connectivity index (χ0v) is 19.2. The van der Waals surface area contributed by atoms with Crippen molar-refractivity contribution < 1.29 is 9.53 Å². The van der Waals surface area contributed by atoms with Crippen molar-refractivity contribution >= 4 is 5.91 Å². The van der Waals surface area contributed by atoms with Crippen molar-refractivity contribution in [2.24, 2.45) is 0 Å². The van der Waals surface area contributed by atoms with Gasteiger partial charge in [-0.1, -0.05) is 36.8 Å². The number of hydrogen-bond donors (Lipinski definition) is 1. The second-order valence-corrected chi connectivity index (χ2v) is 8.39. The third-order valence-corrected chi connectivity index (χ3v) is 6.31. The predicted molar refractivity (Wildman–Crippen MR) is 127 cm³/mol. The van der Waals surface area contributed by atoms with Crippen molar-refractivity contribution in [2.45, 2.75) is 39.2 Å². The Kier molecular flexibility index (Phi) is 6.90. The number of hydrogen-bond acceptors (Lipinski definition) is 4. The van der Waals surface area contributed by atoms with E-state index in [1.807, 2.05) is 61.0 Å². The van der Waals surface area contributed by atoms with E-state index in [1.165, 1.54) is 24.8 Å². The number of methoxy groups -OCH3 is 1. The van der Waals surface area contributed by atoms with Crippen LogP contribution in [-0.2, 0) is 0 Å². The molecule has 0 aliphatic carbocycles. The van der Waals surface area contributed by atoms with Gasteiger partial charge in [0.05, 0.1) is 35.8 Å². The second-order valence-electron chi connectivity index (χ2n) is 8.39. The molecule has 6 heteroatoms. The normalized spacial score (nSPS) is 15.3. The van der Waals surface area contributed by atoms with Gasteiger partial charge in [0.25, 0.3) is 5.91 Å². The summed E-state index contributed by atoms with van der Waals surface area (Å²) in [7, 11) is 1.68. The molecule has 0 bridgehead atoms. The maximum atomic E-state index is 13.2. The van der Waals surface area contributed by atoms with Crippen LogP contribution in [0.4, 0.5) is 0 Å². The molecule has 3 aromatic rings. The Labute approximate surface area is 190 Å². The molecule has 1 N–H and O–H groups in total. The molecule has 168 valence electrons. The third kappa shape index (κ3) is 4.70. The predicted octanol–water partition coefficient (Wildman–Crippen LogP) is 4.45. The number of piperidine rings is 1. The highest BCUT2D eigenvalue weighted by molar-refractivity contribution is 5.96. The molecule has 1 saturated heterocycles. The van der Waals surface area contributed by atoms with Crippen LogP contribution in [0.1, 0.15) is 52.6 Å². The molecule has 1 aliphatic heterocycles. The second kappa shape index (κ2) is 10.0. The Morgan fingerprint density at radius 3 is 2.38 bits per heavy atom. The van der Waals surface area contributed by atoms with E-state index in [9.17, 15) is 4.79 Å². The number of ether oxygens (including phenoxy) is 1. The molecular formula is C26H32N4O2. The van der Waals surface area contributed by atoms with Gasteiger partial charge < -0.3 is 10.1 Å². The highest BCUT2D eigenvalue weighted by Gasteiger charge is 2.25. The minimum absolute atomic E-state index is 0.0716. The van der Waals surface area contributed by atoms with Crippen LogP contribution in [0.3, 0.4) is 0 Å². The van der Waals surface area contributed by atoms with Crippen LogP contribution < -0.4 is 10.1 Å². The highest BCUT2D eigenvalue weighted by Crippen LogP contribution is 2.26. The van der Waals surface area contributed by atoms with Gasteiger partial charge in [-0.3, -0.25) is 9.69 Å². The number of nitrogens with one attached hydrogen (secondary N) is 1. The molecule has 6 nitrogen and oxygen atoms in total. The number of likely N-dealkylation sites (tertiary alicyclic amines) is 1. The third-order valence-electron chi connectivity index (χ3n) is 6.31. The van der Waals surface area contributed by atoms with Crippen LogP contribution in [-0.4, -0.2) is 47.3 Å². The number of amides is 1. The number of benzene rings is 2. The molecule has 1 aliphatic rings. The summed E-state index contributed by atoms with van der Waals surface area (Å²) in [6.07, 6.45) is 3.67. The largest absolute Gasteiger partial charge is 0.497 e. The van der Waals surface area contributed by atoms with Gasteiger partial charge in [0.2, 0.25) is 0 Å². The van der Waals surface area contributed by atoms with Gasteiger partial charge >= 0.3 is 0 Å². The molecular weight excluding hydrogens is 400 g/mol. The van der Waals surface area contributed by atoms with Crippen LogP contribution in [0.25, 0.3) is 5.69 Å². The number of aromatic nitrogens is 2. The molecule has 32 heavy (non-hydrogen) atoms. The van der Waals surface area contributed by atoms with E-state index >= 15 is 0 Å². The first-order chi connectivity index (χ1) is 15.6. The highest BCUT2D eigenvalue weighted by atomic mass is 16.5. The molecule has 0 unspecified atom stereocenters. The first-order valence-electron chi connectivity index (χ1n) is 11.4. The minimum Gasteiger partial charge on any atom is -0.497 e. The molecule has 0 radical (unpaired) electrons. The Bertz CT molecular complexity index is 1040. The number of aryl methyl sites for hydroxylation is 1. The summed E-state index contributed by atoms with van der Waals surface area (Å²) in [5.74, 6) is 0.771. The monoisotopic (exact) mass is 432 g/mol. The van der Waals surface area contributed by atoms with Crippen LogP contribution in [0.15, 0.2) is 54.6 Å². The van der Waals surface area contributed by atoms with Crippen LogP contribution in [0.2, 0.25) is 0 Å². The summed E-state index contributed by atoms with van der Waals surface area (Å²) in [4.78, 5) is 15.7. The maximum Gasteiger partial charge on any atom is 0.255 e. The van der Waals surface area contributed by atoms with E-state index in [-0.39, 0.29) is 11.9 Å². The van der Waals surface area contributed by atoms with Crippen LogP contribution in [0.5, 0.6) is 5.75 Å². The van der Waals surface area contributed by atoms with E-state index in [4.69, 9.17) is 4.74 Å². The number of para-hydroxylation sites is 1. The van der Waals surface area contributed by atoms with Gasteiger partial charge in [0.1, 0.15) is 5.75 Å². The smallest absolute Gasteiger partial charge is 0.255 e. The lowest BCUT2D eigenvalue weighted by Crippen LogP contribution is -2.40. The van der Waals surface area contributed by atoms with Crippen LogP contribution in [0, 0.1) is 13.8 Å². The molecule has 1 amide bonds. The molecule has 1 atom stereocenters. The van der Waals surface area contributed by atoms with Gasteiger partial charge in [-0.25, -0.2) is 4.68 Å². The van der Waals surface area contributed by atoms with Gasteiger partial charge in [-0.05, 0) is 69.6 Å². The number of rotatable bonds is 7. The summed E-state index contributed by atoms with van der Waals surface area (Å²) in [6, 6.07) is 18.3. The molecule has 0 saturated carbocycles. The maximum absolute atomic E-state index is 13.2. The fourth-order valence-corrected chi connectivity index (χ4v) is 4.58. The quantitative estimate of drug-likeness (QED) is 0.599. The number of carbonyl (C=O) groups is 1. The molecule has 0 spiro atoms. The van der Waals surface area contributed by atoms with Gasteiger partial charge in [0.15, 0.2) is 0 Å². The lowest BCUT2D eigenvalue weighted by molar-refractivity contribution is 0.0923. The van der Waals surface area contributed by atoms with Crippen molar-refractivity contribution in [3.8, 4) is 11.4 Å². The Balaban J connectivity index is 1.54. The first-order valence-corrected chi connectivity index (χ1v) is 11.4. The molecule has 1 aromatic heterocycles. The van der Waals surface area contributed by atoms with E-state index < -0.39 is 0 Å². The summed E-state index contributed by atoms with van der Waals surface area (Å²) in [5.41, 5.74) is 4.40. The molecule has 4 rings (SSSR count). The lowest BCUT2D eigenvalue weighted by Gasteiger charge is -2.35. The topological polar surface area (TPSA) is 59.4 Å². The zero-order chi connectivity index (χ0) is 22.5. The Morgan fingerprint density at radius 2 is 1.72 bits per heavy atom. The van der Waals surface area contributed by atoms with Crippen LogP contribution >= 0.6 is 0 Å². The standard InChI is InChI=1S/C26H32N4O2/c1-19-25(20(2)30(28-19)22-10-6-4-7-11-22)26(31)27-18-24(29-16-8-5-9-17-29)21-12-14-23(32-3)15-13-21/h4,6-7,10-15,24H,5,8-9,16-18H2,1-3H3,(H,27,31)/t24-/m0/s1. The summed E-state index contributed by atoms with van der Waals surface area (Å²) >= 11 is 0. The number of carbonyl (C=O) groups excluding carboxylic acids is 1. The zero-order valence-electron chi connectivity index (χ0n) is 19.2. The lowest BCUT2D eigenvalue weighted by atomic mass is 10.0. The van der Waals surface area contributed by atoms with Crippen molar-refractivity contribution in [1.82, 2.24) is 20.0 Å². The van der Waals surface area contributed by atoms with E-state index in [1.54, 1.807) is 7.11 Å². The fraction of sp³-hybridized carbons (Fsp3) is 0.385. The summed E-state index contributed by atoms with van der Waals surface area (Å²) in [6.45, 7) is 6.51. The molecule has 2 heterocycles. The molecule has 1 fully saturated rings. The van der Waals surface area contributed by atoms with E-state index in [0.717, 1.165) is 35.9 Å².